The van der Waals surface area contributed by atoms with Crippen molar-refractivity contribution in [3.8, 4) is 17.6 Å². The molecule has 0 spiro atoms. The Morgan fingerprint density at radius 1 is 1.15 bits per heavy atom. The predicted molar refractivity (Wildman–Crippen MR) is 132 cm³/mol. The number of hydrogen-bond donors (Lipinski definition) is 0. The highest BCUT2D eigenvalue weighted by Crippen LogP contribution is 2.41. The van der Waals surface area contributed by atoms with Gasteiger partial charge in [0.05, 0.1) is 42.1 Å². The van der Waals surface area contributed by atoms with E-state index in [9.17, 15) is 36.0 Å². The van der Waals surface area contributed by atoms with Gasteiger partial charge in [-0.05, 0) is 57.5 Å². The van der Waals surface area contributed by atoms with E-state index in [0.717, 1.165) is 36.4 Å². The van der Waals surface area contributed by atoms with Gasteiger partial charge in [0.2, 0.25) is 5.60 Å². The van der Waals surface area contributed by atoms with Crippen LogP contribution in [0.3, 0.4) is 0 Å². The van der Waals surface area contributed by atoms with Gasteiger partial charge in [0.1, 0.15) is 11.9 Å². The van der Waals surface area contributed by atoms with Gasteiger partial charge in [0.25, 0.3) is 10.0 Å². The summed E-state index contributed by atoms with van der Waals surface area (Å²) in [5, 5.41) is 9.46. The number of hydrogen-bond acceptors (Lipinski definition) is 7. The molecule has 1 aliphatic heterocycles. The first-order chi connectivity index (χ1) is 17.9. The van der Waals surface area contributed by atoms with Crippen LogP contribution in [-0.2, 0) is 26.0 Å². The van der Waals surface area contributed by atoms with Crippen molar-refractivity contribution in [2.45, 2.75) is 63.3 Å². The largest absolute Gasteiger partial charge is 0.494 e. The molecule has 0 saturated carbocycles. The molecule has 1 atom stereocenters. The van der Waals surface area contributed by atoms with Crippen molar-refractivity contribution in [3.63, 3.8) is 0 Å². The predicted octanol–water partition coefficient (Wildman–Crippen LogP) is 5.16. The fourth-order valence-electron chi connectivity index (χ4n) is 3.89. The molecule has 0 amide bonds. The molecule has 0 N–H and O–H groups in total. The molecule has 0 radical (unpaired) electrons. The number of anilines is 1. The molecule has 0 aromatic heterocycles. The molecule has 0 aliphatic carbocycles. The summed E-state index contributed by atoms with van der Waals surface area (Å²) in [6, 6.07) is 9.28. The number of benzene rings is 2. The highest BCUT2D eigenvalue weighted by Gasteiger charge is 2.50. The molecular formula is C26H28F4N2O6S. The summed E-state index contributed by atoms with van der Waals surface area (Å²) in [5.41, 5.74) is -3.39. The molecule has 0 fully saturated rings. The first kappa shape index (κ1) is 30.0. The van der Waals surface area contributed by atoms with E-state index in [4.69, 9.17) is 9.47 Å². The van der Waals surface area contributed by atoms with Crippen LogP contribution in [0, 0.1) is 22.6 Å². The average molecular weight is 573 g/mol. The van der Waals surface area contributed by atoms with Crippen molar-refractivity contribution in [3.05, 3.63) is 47.8 Å². The first-order valence-electron chi connectivity index (χ1n) is 11.8. The SMILES string of the molecule is COc1cc(S(=O)(=O)N2C[C@@H](CC(C)(C)C#N)Oc3ccc(CC(=O)OC(C)(C)C(F)(F)F)cc32)ccc1F. The monoisotopic (exact) mass is 572 g/mol. The zero-order valence-corrected chi connectivity index (χ0v) is 22.7. The van der Waals surface area contributed by atoms with E-state index >= 15 is 0 Å². The number of nitrogens with zero attached hydrogens (tertiary/aromatic N) is 2. The maximum absolute atomic E-state index is 14.0. The Balaban J connectivity index is 2.03. The summed E-state index contributed by atoms with van der Waals surface area (Å²) in [4.78, 5) is 12.0. The number of sulfonamides is 1. The highest BCUT2D eigenvalue weighted by atomic mass is 32.2. The summed E-state index contributed by atoms with van der Waals surface area (Å²) in [5.74, 6) is -2.11. The third kappa shape index (κ3) is 6.55. The van der Waals surface area contributed by atoms with Gasteiger partial charge >= 0.3 is 12.1 Å². The van der Waals surface area contributed by atoms with E-state index in [-0.39, 0.29) is 40.6 Å². The van der Waals surface area contributed by atoms with Crippen LogP contribution in [0.5, 0.6) is 11.5 Å². The number of ether oxygens (including phenoxy) is 3. The van der Waals surface area contributed by atoms with Gasteiger partial charge in [-0.1, -0.05) is 6.07 Å². The van der Waals surface area contributed by atoms with Crippen LogP contribution in [0.1, 0.15) is 39.7 Å². The third-order valence-electron chi connectivity index (χ3n) is 6.11. The summed E-state index contributed by atoms with van der Waals surface area (Å²) in [7, 11) is -3.17. The van der Waals surface area contributed by atoms with E-state index in [1.54, 1.807) is 13.8 Å². The van der Waals surface area contributed by atoms with Crippen LogP contribution in [0.15, 0.2) is 41.3 Å². The minimum atomic E-state index is -4.79. The highest BCUT2D eigenvalue weighted by molar-refractivity contribution is 7.92. The second kappa shape index (κ2) is 10.6. The summed E-state index contributed by atoms with van der Waals surface area (Å²) in [6.45, 7) is 4.56. The number of nitriles is 1. The molecule has 3 rings (SSSR count). The van der Waals surface area contributed by atoms with Gasteiger partial charge in [-0.25, -0.2) is 12.8 Å². The zero-order chi connectivity index (χ0) is 29.4. The number of carbonyl (C=O) groups is 1. The number of alkyl halides is 3. The molecule has 39 heavy (non-hydrogen) atoms. The minimum Gasteiger partial charge on any atom is -0.494 e. The third-order valence-corrected chi connectivity index (χ3v) is 7.88. The standard InChI is InChI=1S/C26H28F4N2O6S/c1-24(2,15-31)13-17-14-32(39(34,35)18-7-8-19(27)22(12-18)36-5)20-10-16(6-9-21(20)37-17)11-23(33)38-25(3,4)26(28,29)30/h6-10,12,17H,11,13-14H2,1-5H3/t17-/m1/s1. The maximum atomic E-state index is 14.0. The first-order valence-corrected chi connectivity index (χ1v) is 13.2. The minimum absolute atomic E-state index is 0.0182. The Morgan fingerprint density at radius 3 is 2.41 bits per heavy atom. The molecular weight excluding hydrogens is 544 g/mol. The molecule has 2 aromatic carbocycles. The van der Waals surface area contributed by atoms with Crippen molar-refractivity contribution in [2.75, 3.05) is 18.0 Å². The lowest BCUT2D eigenvalue weighted by molar-refractivity contribution is -0.257. The Bertz CT molecular complexity index is 1400. The molecule has 1 heterocycles. The van der Waals surface area contributed by atoms with Crippen LogP contribution in [0.2, 0.25) is 0 Å². The van der Waals surface area contributed by atoms with Crippen molar-refractivity contribution < 1.29 is 45.0 Å². The average Bonchev–Trinajstić information content (AvgIpc) is 2.82. The normalized spacial score (nSPS) is 16.1. The Morgan fingerprint density at radius 2 is 1.82 bits per heavy atom. The number of methoxy groups -OCH3 is 1. The van der Waals surface area contributed by atoms with E-state index in [1.807, 2.05) is 0 Å². The lowest BCUT2D eigenvalue weighted by atomic mass is 9.88. The van der Waals surface area contributed by atoms with E-state index in [1.165, 1.54) is 25.3 Å². The van der Waals surface area contributed by atoms with Crippen LogP contribution in [0.25, 0.3) is 0 Å². The van der Waals surface area contributed by atoms with Gasteiger partial charge in [0.15, 0.2) is 11.6 Å². The molecule has 2 aromatic rings. The van der Waals surface area contributed by atoms with Gasteiger partial charge in [0, 0.05) is 12.5 Å². The van der Waals surface area contributed by atoms with Gasteiger partial charge in [-0.3, -0.25) is 9.10 Å². The van der Waals surface area contributed by atoms with Crippen molar-refractivity contribution in [2.24, 2.45) is 5.41 Å². The molecule has 1 aliphatic rings. The summed E-state index contributed by atoms with van der Waals surface area (Å²) < 4.78 is 97.4. The lowest BCUT2D eigenvalue weighted by Crippen LogP contribution is -2.45. The van der Waals surface area contributed by atoms with Crippen molar-refractivity contribution >= 4 is 21.7 Å². The number of halogens is 4. The van der Waals surface area contributed by atoms with Gasteiger partial charge in [-0.2, -0.15) is 18.4 Å². The molecule has 8 nitrogen and oxygen atoms in total. The van der Waals surface area contributed by atoms with Crippen LogP contribution in [-0.4, -0.2) is 45.9 Å². The van der Waals surface area contributed by atoms with Gasteiger partial charge in [-0.15, -0.1) is 0 Å². The Labute approximate surface area is 224 Å². The van der Waals surface area contributed by atoms with Crippen molar-refractivity contribution in [1.82, 2.24) is 0 Å². The number of carbonyl (C=O) groups excluding carboxylic acids is 1. The van der Waals surface area contributed by atoms with E-state index < -0.39 is 51.5 Å². The topological polar surface area (TPSA) is 106 Å². The number of rotatable bonds is 8. The number of fused-ring (bicyclic) bond motifs is 1. The molecule has 13 heteroatoms. The zero-order valence-electron chi connectivity index (χ0n) is 21.9. The molecule has 0 bridgehead atoms. The second-order valence-corrected chi connectivity index (χ2v) is 12.1. The van der Waals surface area contributed by atoms with E-state index in [2.05, 4.69) is 10.8 Å². The maximum Gasteiger partial charge on any atom is 0.427 e. The second-order valence-electron chi connectivity index (χ2n) is 10.2. The quantitative estimate of drug-likeness (QED) is 0.318. The van der Waals surface area contributed by atoms with Crippen LogP contribution >= 0.6 is 0 Å². The molecule has 212 valence electrons. The van der Waals surface area contributed by atoms with E-state index in [0.29, 0.717) is 0 Å². The molecule has 0 unspecified atom stereocenters. The molecule has 0 saturated heterocycles. The van der Waals surface area contributed by atoms with Gasteiger partial charge < -0.3 is 14.2 Å². The fourth-order valence-corrected chi connectivity index (χ4v) is 5.40. The van der Waals surface area contributed by atoms with Crippen LogP contribution in [0.4, 0.5) is 23.2 Å². The van der Waals surface area contributed by atoms with Crippen molar-refractivity contribution in [1.29, 1.82) is 5.26 Å². The van der Waals surface area contributed by atoms with Crippen LogP contribution < -0.4 is 13.8 Å². The Hall–Kier alpha value is -3.53. The Kier molecular flexibility index (Phi) is 8.13. The lowest BCUT2D eigenvalue weighted by Gasteiger charge is -2.37. The summed E-state index contributed by atoms with van der Waals surface area (Å²) >= 11 is 0. The fraction of sp³-hybridized carbons (Fsp3) is 0.462. The summed E-state index contributed by atoms with van der Waals surface area (Å²) in [6.07, 6.45) is -5.94. The number of esters is 1. The smallest absolute Gasteiger partial charge is 0.427 e.